The van der Waals surface area contributed by atoms with Crippen LogP contribution in [0.4, 0.5) is 4.79 Å². The Balaban J connectivity index is -0.0000000150. The topological polar surface area (TPSA) is 57.5 Å². The third kappa shape index (κ3) is 47.9. The van der Waals surface area contributed by atoms with Gasteiger partial charge in [-0.1, -0.05) is 0 Å². The Kier molecular flexibility index (Phi) is 51.5. The first-order chi connectivity index (χ1) is 1.73. The summed E-state index contributed by atoms with van der Waals surface area (Å²) in [5.74, 6) is 0. The molecule has 0 aromatic heterocycles. The van der Waals surface area contributed by atoms with E-state index in [0.29, 0.717) is 0 Å². The number of hydrogen-bond donors (Lipinski definition) is 2. The molecule has 0 aliphatic carbocycles. The van der Waals surface area contributed by atoms with E-state index >= 15 is 0 Å². The van der Waals surface area contributed by atoms with Gasteiger partial charge in [0.25, 0.3) is 0 Å². The van der Waals surface area contributed by atoms with Gasteiger partial charge in [0, 0.05) is 0 Å². The van der Waals surface area contributed by atoms with Gasteiger partial charge in [0.1, 0.15) is 0 Å². The monoisotopic (exact) mass is 318 g/mol. The molecular formula is CH8BaMgO3Sr. The van der Waals surface area contributed by atoms with Gasteiger partial charge >= 0.3 is 124 Å². The molecule has 0 rings (SSSR count). The number of hydrogen-bond acceptors (Lipinski definition) is 1. The molecule has 0 aliphatic heterocycles. The van der Waals surface area contributed by atoms with Crippen molar-refractivity contribution < 1.29 is 15.0 Å². The fourth-order valence-corrected chi connectivity index (χ4v) is 0. The molecule has 6 heteroatoms. The van der Waals surface area contributed by atoms with Gasteiger partial charge in [-0.15, -0.1) is 0 Å². The van der Waals surface area contributed by atoms with Crippen molar-refractivity contribution in [1.82, 2.24) is 0 Å². The van der Waals surface area contributed by atoms with Crippen molar-refractivity contribution in [3.8, 4) is 0 Å². The number of carboxylic acid groups (broad SMARTS) is 2. The predicted octanol–water partition coefficient (Wildman–Crippen LogP) is -2.53. The molecule has 0 aromatic carbocycles. The predicted molar refractivity (Wildman–Crippen MR) is 36.3 cm³/mol. The molecule has 0 aromatic rings. The van der Waals surface area contributed by atoms with Crippen LogP contribution in [-0.2, 0) is 0 Å². The molecule has 36 valence electrons. The van der Waals surface area contributed by atoms with Crippen LogP contribution in [0.15, 0.2) is 0 Å². The Bertz CT molecular complexity index is 37.9. The average molecular weight is 317 g/mol. The summed E-state index contributed by atoms with van der Waals surface area (Å²) in [5, 5.41) is 13.9. The van der Waals surface area contributed by atoms with Crippen molar-refractivity contribution in [3.05, 3.63) is 0 Å². The zero-order valence-electron chi connectivity index (χ0n) is 1.80. The molecule has 0 saturated heterocycles. The summed E-state index contributed by atoms with van der Waals surface area (Å²) in [4.78, 5) is 8.56. The normalized spacial score (nSPS) is 3.43. The van der Waals surface area contributed by atoms with Crippen molar-refractivity contribution in [1.29, 1.82) is 0 Å². The van der Waals surface area contributed by atoms with Gasteiger partial charge in [0.2, 0.25) is 0 Å². The molecule has 0 spiro atoms. The Hall–Kier alpha value is 3.09. The molecule has 0 radical (unpaired) electrons. The van der Waals surface area contributed by atoms with Crippen molar-refractivity contribution >= 4 is 124 Å². The van der Waals surface area contributed by atoms with Gasteiger partial charge in [-0.05, 0) is 0 Å². The van der Waals surface area contributed by atoms with Crippen LogP contribution in [0.25, 0.3) is 0 Å². The first-order valence-corrected chi connectivity index (χ1v) is 0.651. The van der Waals surface area contributed by atoms with E-state index in [1.54, 1.807) is 0 Å². The molecule has 2 N–H and O–H groups in total. The van der Waals surface area contributed by atoms with Crippen molar-refractivity contribution in [2.24, 2.45) is 0 Å². The minimum absolute atomic E-state index is 0. The zero-order valence-corrected chi connectivity index (χ0v) is 1.80. The minimum atomic E-state index is -1.83. The molecule has 0 heterocycles. The molecule has 0 amide bonds. The van der Waals surface area contributed by atoms with E-state index in [-0.39, 0.29) is 117 Å². The van der Waals surface area contributed by atoms with E-state index in [9.17, 15) is 0 Å². The maximum absolute atomic E-state index is 8.56. The third-order valence-electron chi connectivity index (χ3n) is 0. The van der Waals surface area contributed by atoms with Crippen molar-refractivity contribution in [3.63, 3.8) is 0 Å². The van der Waals surface area contributed by atoms with Crippen LogP contribution in [0.1, 0.15) is 0 Å². The molecule has 7 heavy (non-hydrogen) atoms. The van der Waals surface area contributed by atoms with E-state index in [2.05, 4.69) is 0 Å². The summed E-state index contributed by atoms with van der Waals surface area (Å²) in [6, 6.07) is 0. The van der Waals surface area contributed by atoms with Gasteiger partial charge in [0.15, 0.2) is 0 Å². The Morgan fingerprint density at radius 2 is 1.29 bits per heavy atom. The van der Waals surface area contributed by atoms with Crippen LogP contribution < -0.4 is 0 Å². The summed E-state index contributed by atoms with van der Waals surface area (Å²) in [7, 11) is 0. The molecular weight excluding hydrogens is 309 g/mol. The van der Waals surface area contributed by atoms with Crippen LogP contribution in [-0.4, -0.2) is 134 Å². The summed E-state index contributed by atoms with van der Waals surface area (Å²) >= 11 is 0. The Morgan fingerprint density at radius 3 is 1.29 bits per heavy atom. The van der Waals surface area contributed by atoms with Gasteiger partial charge in [0.05, 0.1) is 0 Å². The van der Waals surface area contributed by atoms with Crippen LogP contribution >= 0.6 is 0 Å². The van der Waals surface area contributed by atoms with Gasteiger partial charge in [-0.2, -0.15) is 0 Å². The van der Waals surface area contributed by atoms with E-state index in [1.165, 1.54) is 0 Å². The van der Waals surface area contributed by atoms with E-state index in [4.69, 9.17) is 15.0 Å². The SMILES string of the molecule is O=C(O)O.[BaH2].[MgH2].[SrH2]. The van der Waals surface area contributed by atoms with Gasteiger partial charge < -0.3 is 10.2 Å². The third-order valence-corrected chi connectivity index (χ3v) is 0. The van der Waals surface area contributed by atoms with Crippen molar-refractivity contribution in [2.75, 3.05) is 0 Å². The number of carbonyl (C=O) groups is 1. The molecule has 3 nitrogen and oxygen atoms in total. The second-order valence-electron chi connectivity index (χ2n) is 0.283. The fourth-order valence-electron chi connectivity index (χ4n) is 0. The Labute approximate surface area is 135 Å². The summed E-state index contributed by atoms with van der Waals surface area (Å²) in [5.41, 5.74) is 0. The van der Waals surface area contributed by atoms with Crippen LogP contribution in [0, 0.1) is 0 Å². The number of rotatable bonds is 0. The van der Waals surface area contributed by atoms with Crippen molar-refractivity contribution in [2.45, 2.75) is 0 Å². The van der Waals surface area contributed by atoms with Gasteiger partial charge in [-0.3, -0.25) is 0 Å². The summed E-state index contributed by atoms with van der Waals surface area (Å²) < 4.78 is 0. The summed E-state index contributed by atoms with van der Waals surface area (Å²) in [6.07, 6.45) is -1.83. The molecule has 0 fully saturated rings. The second-order valence-corrected chi connectivity index (χ2v) is 0.283. The molecule has 0 bridgehead atoms. The zero-order chi connectivity index (χ0) is 3.58. The first kappa shape index (κ1) is 22.5. The fraction of sp³-hybridized carbons (Fsp3) is 0. The van der Waals surface area contributed by atoms with E-state index in [0.717, 1.165) is 0 Å². The first-order valence-electron chi connectivity index (χ1n) is 0.651. The molecule has 0 atom stereocenters. The van der Waals surface area contributed by atoms with Gasteiger partial charge in [-0.25, -0.2) is 4.79 Å². The van der Waals surface area contributed by atoms with Crippen LogP contribution in [0.5, 0.6) is 0 Å². The Morgan fingerprint density at radius 1 is 1.29 bits per heavy atom. The molecule has 0 aliphatic rings. The summed E-state index contributed by atoms with van der Waals surface area (Å²) in [6.45, 7) is 0. The quantitative estimate of drug-likeness (QED) is 0.485. The van der Waals surface area contributed by atoms with E-state index in [1.807, 2.05) is 0 Å². The van der Waals surface area contributed by atoms with Crippen LogP contribution in [0.2, 0.25) is 0 Å². The van der Waals surface area contributed by atoms with E-state index < -0.39 is 6.16 Å². The second kappa shape index (κ2) is 16.0. The van der Waals surface area contributed by atoms with Crippen LogP contribution in [0.3, 0.4) is 0 Å². The standard InChI is InChI=1S/CH2O3.Ba.Mg.Sr.6H/c2-1(3)4;;;;;;;;;/h(H2,2,3,4);;;;;;;;;. The average Bonchev–Trinajstić information content (AvgIpc) is 0.811. The molecule has 0 unspecified atom stereocenters. The molecule has 0 saturated carbocycles. The maximum atomic E-state index is 8.56.